The number of rotatable bonds is 4. The molecule has 2 nitrogen and oxygen atoms in total. The quantitative estimate of drug-likeness (QED) is 0.836. The van der Waals surface area contributed by atoms with Crippen LogP contribution in [0.4, 0.5) is 15.8 Å². The summed E-state index contributed by atoms with van der Waals surface area (Å²) in [5.41, 5.74) is 6.91. The number of hydrogen-bond acceptors (Lipinski definition) is 3. The van der Waals surface area contributed by atoms with E-state index in [1.54, 1.807) is 17.8 Å². The molecule has 1 aromatic rings. The average molecular weight is 293 g/mol. The number of nitrogens with one attached hydrogen (secondary N) is 1. The number of halogens is 2. The van der Waals surface area contributed by atoms with E-state index in [4.69, 9.17) is 5.73 Å². The van der Waals surface area contributed by atoms with Gasteiger partial charge in [0.25, 0.3) is 0 Å². The SMILES string of the molecule is CSCC(C)Nc1cc(Br)c(F)cc1N. The molecule has 1 unspecified atom stereocenters. The second kappa shape index (κ2) is 5.61. The Morgan fingerprint density at radius 2 is 2.27 bits per heavy atom. The van der Waals surface area contributed by atoms with Crippen LogP contribution in [0.3, 0.4) is 0 Å². The van der Waals surface area contributed by atoms with Crippen LogP contribution in [0.1, 0.15) is 6.92 Å². The molecule has 0 fully saturated rings. The smallest absolute Gasteiger partial charge is 0.139 e. The highest BCUT2D eigenvalue weighted by molar-refractivity contribution is 9.10. The largest absolute Gasteiger partial charge is 0.397 e. The molecule has 0 aliphatic rings. The van der Waals surface area contributed by atoms with Crippen LogP contribution in [0.5, 0.6) is 0 Å². The van der Waals surface area contributed by atoms with Gasteiger partial charge in [0.2, 0.25) is 0 Å². The zero-order valence-electron chi connectivity index (χ0n) is 8.68. The molecule has 1 rings (SSSR count). The lowest BCUT2D eigenvalue weighted by Gasteiger charge is -2.16. The summed E-state index contributed by atoms with van der Waals surface area (Å²) in [4.78, 5) is 0. The number of thioether (sulfide) groups is 1. The minimum absolute atomic E-state index is 0.305. The molecule has 5 heteroatoms. The molecule has 0 aliphatic carbocycles. The maximum absolute atomic E-state index is 13.1. The molecular formula is C10H14BrFN2S. The number of benzene rings is 1. The Hall–Kier alpha value is -0.420. The van der Waals surface area contributed by atoms with Crippen molar-refractivity contribution in [2.24, 2.45) is 0 Å². The van der Waals surface area contributed by atoms with Gasteiger partial charge in [-0.1, -0.05) is 0 Å². The Morgan fingerprint density at radius 1 is 1.60 bits per heavy atom. The fourth-order valence-corrected chi connectivity index (χ4v) is 2.17. The van der Waals surface area contributed by atoms with Crippen LogP contribution in [0, 0.1) is 5.82 Å². The Morgan fingerprint density at radius 3 is 2.87 bits per heavy atom. The van der Waals surface area contributed by atoms with Crippen LogP contribution in [-0.4, -0.2) is 18.1 Å². The van der Waals surface area contributed by atoms with Gasteiger partial charge in [0.15, 0.2) is 0 Å². The molecule has 1 aromatic carbocycles. The summed E-state index contributed by atoms with van der Waals surface area (Å²) in [6, 6.07) is 3.29. The van der Waals surface area contributed by atoms with E-state index < -0.39 is 0 Å². The van der Waals surface area contributed by atoms with Crippen LogP contribution in [-0.2, 0) is 0 Å². The minimum atomic E-state index is -0.337. The van der Waals surface area contributed by atoms with E-state index in [2.05, 4.69) is 28.2 Å². The first-order valence-electron chi connectivity index (χ1n) is 4.54. The molecule has 0 aromatic heterocycles. The van der Waals surface area contributed by atoms with E-state index in [0.717, 1.165) is 11.4 Å². The highest BCUT2D eigenvalue weighted by atomic mass is 79.9. The summed E-state index contributed by atoms with van der Waals surface area (Å²) < 4.78 is 13.5. The first kappa shape index (κ1) is 12.6. The monoisotopic (exact) mass is 292 g/mol. The van der Waals surface area contributed by atoms with Gasteiger partial charge < -0.3 is 11.1 Å². The fraction of sp³-hybridized carbons (Fsp3) is 0.400. The predicted octanol–water partition coefficient (Wildman–Crippen LogP) is 3.33. The van der Waals surface area contributed by atoms with E-state index in [-0.39, 0.29) is 5.82 Å². The van der Waals surface area contributed by atoms with Gasteiger partial charge in [0.05, 0.1) is 15.8 Å². The van der Waals surface area contributed by atoms with Crippen molar-refractivity contribution in [2.45, 2.75) is 13.0 Å². The van der Waals surface area contributed by atoms with Crippen LogP contribution >= 0.6 is 27.7 Å². The molecule has 0 spiro atoms. The van der Waals surface area contributed by atoms with Crippen molar-refractivity contribution in [3.63, 3.8) is 0 Å². The molecule has 3 N–H and O–H groups in total. The van der Waals surface area contributed by atoms with Crippen molar-refractivity contribution in [3.05, 3.63) is 22.4 Å². The summed E-state index contributed by atoms with van der Waals surface area (Å²) in [7, 11) is 0. The topological polar surface area (TPSA) is 38.0 Å². The first-order chi connectivity index (χ1) is 7.04. The second-order valence-corrected chi connectivity index (χ2v) is 5.12. The number of anilines is 2. The summed E-state index contributed by atoms with van der Waals surface area (Å²) in [6.45, 7) is 2.06. The van der Waals surface area contributed by atoms with Crippen LogP contribution in [0.25, 0.3) is 0 Å². The van der Waals surface area contributed by atoms with Crippen molar-refractivity contribution in [1.29, 1.82) is 0 Å². The molecular weight excluding hydrogens is 279 g/mol. The first-order valence-corrected chi connectivity index (χ1v) is 6.73. The molecule has 0 saturated heterocycles. The highest BCUT2D eigenvalue weighted by Gasteiger charge is 2.08. The van der Waals surface area contributed by atoms with Gasteiger partial charge in [-0.2, -0.15) is 11.8 Å². The van der Waals surface area contributed by atoms with Gasteiger partial charge in [0, 0.05) is 17.9 Å². The standard InChI is InChI=1S/C10H14BrFN2S/c1-6(5-15-2)14-10-3-7(11)8(12)4-9(10)13/h3-4,6,14H,5,13H2,1-2H3. The molecule has 0 aliphatic heterocycles. The van der Waals surface area contributed by atoms with Crippen LogP contribution < -0.4 is 11.1 Å². The van der Waals surface area contributed by atoms with Gasteiger partial charge in [-0.3, -0.25) is 0 Å². The van der Waals surface area contributed by atoms with Gasteiger partial charge in [-0.15, -0.1) is 0 Å². The average Bonchev–Trinajstić information content (AvgIpc) is 2.14. The Labute approximate surface area is 102 Å². The van der Waals surface area contributed by atoms with E-state index in [1.807, 2.05) is 6.26 Å². The summed E-state index contributed by atoms with van der Waals surface area (Å²) in [5.74, 6) is 0.643. The number of nitrogens with two attached hydrogens (primary N) is 1. The van der Waals surface area contributed by atoms with Crippen molar-refractivity contribution in [1.82, 2.24) is 0 Å². The van der Waals surface area contributed by atoms with Crippen molar-refractivity contribution in [3.8, 4) is 0 Å². The molecule has 0 heterocycles. The third-order valence-corrected chi connectivity index (χ3v) is 3.35. The summed E-state index contributed by atoms with van der Waals surface area (Å²) in [6.07, 6.45) is 2.04. The lowest BCUT2D eigenvalue weighted by Crippen LogP contribution is -2.18. The molecule has 0 amide bonds. The van der Waals surface area contributed by atoms with Crippen molar-refractivity contribution < 1.29 is 4.39 Å². The molecule has 0 radical (unpaired) electrons. The molecule has 1 atom stereocenters. The minimum Gasteiger partial charge on any atom is -0.397 e. The summed E-state index contributed by atoms with van der Waals surface area (Å²) in [5, 5.41) is 3.24. The maximum atomic E-state index is 13.1. The number of hydrogen-bond donors (Lipinski definition) is 2. The Bertz CT molecular complexity index is 346. The van der Waals surface area contributed by atoms with Gasteiger partial charge in [-0.05, 0) is 35.2 Å². The van der Waals surface area contributed by atoms with E-state index >= 15 is 0 Å². The lowest BCUT2D eigenvalue weighted by molar-refractivity contribution is 0.622. The highest BCUT2D eigenvalue weighted by Crippen LogP contribution is 2.27. The van der Waals surface area contributed by atoms with Gasteiger partial charge in [-0.25, -0.2) is 4.39 Å². The van der Waals surface area contributed by atoms with Crippen molar-refractivity contribution >= 4 is 39.1 Å². The predicted molar refractivity (Wildman–Crippen MR) is 70.0 cm³/mol. The third kappa shape index (κ3) is 3.57. The second-order valence-electron chi connectivity index (χ2n) is 3.35. The molecule has 84 valence electrons. The Balaban J connectivity index is 2.81. The molecule has 0 saturated carbocycles. The number of nitrogen functional groups attached to an aromatic ring is 1. The summed E-state index contributed by atoms with van der Waals surface area (Å²) >= 11 is 4.89. The van der Waals surface area contributed by atoms with Crippen LogP contribution in [0.2, 0.25) is 0 Å². The van der Waals surface area contributed by atoms with Crippen molar-refractivity contribution in [2.75, 3.05) is 23.1 Å². The van der Waals surface area contributed by atoms with E-state index in [0.29, 0.717) is 16.2 Å². The fourth-order valence-electron chi connectivity index (χ4n) is 1.24. The zero-order chi connectivity index (χ0) is 11.4. The third-order valence-electron chi connectivity index (χ3n) is 1.91. The molecule has 15 heavy (non-hydrogen) atoms. The molecule has 0 bridgehead atoms. The normalized spacial score (nSPS) is 12.5. The van der Waals surface area contributed by atoms with E-state index in [9.17, 15) is 4.39 Å². The van der Waals surface area contributed by atoms with Gasteiger partial charge >= 0.3 is 0 Å². The van der Waals surface area contributed by atoms with Crippen LogP contribution in [0.15, 0.2) is 16.6 Å². The van der Waals surface area contributed by atoms with Gasteiger partial charge in [0.1, 0.15) is 5.82 Å². The lowest BCUT2D eigenvalue weighted by atomic mass is 10.2. The maximum Gasteiger partial charge on any atom is 0.139 e. The Kier molecular flexibility index (Phi) is 4.73. The zero-order valence-corrected chi connectivity index (χ0v) is 11.1. The van der Waals surface area contributed by atoms with E-state index in [1.165, 1.54) is 6.07 Å².